The van der Waals surface area contributed by atoms with Crippen molar-refractivity contribution in [2.24, 2.45) is 43.7 Å². The number of benzene rings is 3. The van der Waals surface area contributed by atoms with Gasteiger partial charge in [-0.05, 0) is 339 Å². The summed E-state index contributed by atoms with van der Waals surface area (Å²) in [5, 5.41) is 23.1. The Hall–Kier alpha value is -5.82. The number of nitrogens with zero attached hydrogens (tertiary/aromatic N) is 14. The van der Waals surface area contributed by atoms with Crippen molar-refractivity contribution in [1.29, 1.82) is 0 Å². The normalized spacial score (nSPS) is 26.4. The van der Waals surface area contributed by atoms with E-state index in [1.807, 2.05) is 34.2 Å². The molecule has 7 fully saturated rings. The Morgan fingerprint density at radius 2 is 0.590 bits per heavy atom. The number of aromatic amines is 2. The van der Waals surface area contributed by atoms with Gasteiger partial charge < -0.3 is 4.90 Å². The zero-order valence-electron chi connectivity index (χ0n) is 79.7. The number of likely N-dealkylation sites (N-methyl/N-ethyl adjacent to an activating group) is 1. The molecule has 11 heterocycles. The van der Waals surface area contributed by atoms with Crippen molar-refractivity contribution in [3.63, 3.8) is 0 Å². The van der Waals surface area contributed by atoms with Crippen LogP contribution in [-0.4, -0.2) is 183 Å². The SMILES string of the molecule is CC(C)(C)N1CCCC[C@H]1c1ccccc1.CCN1CCN(C(C)(C)C)[C@H](c2ccccc2)C1.C[C@@H]1CCN(C(C)(C)C)[C@H](c2ccccc2)C1.C[C@@H]1CCN(C(C)(C)C)[C@H](c2ccn[nH]2)C1.C[C@@H]1CCN(C(C)(C)C)[C@H](c2ccn[nH]2)C1.C[C@@H]1CCN(C(C)(C)C)[C@H](c2ccnn2C)C1.C[C@@H]1CCN(C(C)(C)C)[C@H](c2ccnn2C)C1. The third-order valence-corrected chi connectivity index (χ3v) is 26.5. The van der Waals surface area contributed by atoms with E-state index >= 15 is 0 Å². The number of aryl methyl sites for hydroxylation is 2. The minimum atomic E-state index is 0.231. The van der Waals surface area contributed by atoms with Gasteiger partial charge >= 0.3 is 0 Å². The standard InChI is InChI=1S/C16H26N2.C16H25N.C15H23N.2C14H25N3.2C13H23N3/c1-5-17-11-12-18(16(2,3)4)15(13-17)14-9-7-6-8-10-14;1-13-10-11-17(16(2,3)4)15(12-13)14-8-6-5-7-9-14;1-15(2,3)16-12-8-7-11-14(16)13-9-5-4-6-10-13;2*1-11-7-9-17(14(2,3)4)13(10-11)12-6-8-15-16(12)5;2*1-10-6-8-16(13(2,3)4)12(9-10)11-5-7-14-15-11/h6-10,15H,5,11-13H2,1-4H3;5-9,13,15H,10-12H2,1-4H3;4-6,9-10,14H,7-8,11-12H2,1-3H3;2*6,8,11,13H,7,9-10H2,1-5H3;2*5,7,10,12H,6,8-9H2,1-4H3,(H,14,15)/t15-;13-,15+;14-;2*11-,13+;2*10-,12+/m0101111/s1. The Kier molecular flexibility index (Phi) is 35.3. The summed E-state index contributed by atoms with van der Waals surface area (Å²) in [5.74, 6) is 4.10. The van der Waals surface area contributed by atoms with Crippen LogP contribution in [0, 0.1) is 29.6 Å². The topological polar surface area (TPSA) is 119 Å². The van der Waals surface area contributed by atoms with E-state index in [9.17, 15) is 0 Å². The van der Waals surface area contributed by atoms with Crippen molar-refractivity contribution in [3.05, 3.63) is 180 Å². The van der Waals surface area contributed by atoms with Gasteiger partial charge in [0.05, 0.1) is 46.9 Å². The number of rotatable bonds is 8. The molecule has 7 aliphatic heterocycles. The molecule has 16 nitrogen and oxygen atoms in total. The van der Waals surface area contributed by atoms with Crippen LogP contribution in [0.15, 0.2) is 140 Å². The molecule has 2 N–H and O–H groups in total. The molecule has 0 bridgehead atoms. The van der Waals surface area contributed by atoms with Gasteiger partial charge in [0.15, 0.2) is 0 Å². The maximum Gasteiger partial charge on any atom is 0.0552 e. The van der Waals surface area contributed by atoms with E-state index in [2.05, 4.69) is 386 Å². The molecule has 4 aromatic heterocycles. The molecule has 0 aliphatic carbocycles. The highest BCUT2D eigenvalue weighted by molar-refractivity contribution is 5.24. The van der Waals surface area contributed by atoms with Crippen LogP contribution in [0.1, 0.15) is 352 Å². The van der Waals surface area contributed by atoms with Crippen LogP contribution < -0.4 is 0 Å². The predicted octanol–water partition coefficient (Wildman–Crippen LogP) is 23.4. The number of likely N-dealkylation sites (tertiary alicyclic amines) is 6. The number of nitrogens with one attached hydrogen (secondary N) is 2. The molecule has 117 heavy (non-hydrogen) atoms. The molecule has 12 atom stereocenters. The smallest absolute Gasteiger partial charge is 0.0552 e. The summed E-state index contributed by atoms with van der Waals surface area (Å²) in [7, 11) is 4.10. The second-order valence-electron chi connectivity index (χ2n) is 43.2. The molecule has 0 spiro atoms. The van der Waals surface area contributed by atoms with Gasteiger partial charge in [-0.1, -0.05) is 139 Å². The number of hydrogen-bond acceptors (Lipinski definition) is 12. The molecule has 14 rings (SSSR count). The van der Waals surface area contributed by atoms with Crippen LogP contribution >= 0.6 is 0 Å². The maximum absolute atomic E-state index is 4.32. The highest BCUT2D eigenvalue weighted by atomic mass is 15.3. The quantitative estimate of drug-likeness (QED) is 0.151. The van der Waals surface area contributed by atoms with Gasteiger partial charge in [0.1, 0.15) is 0 Å². The van der Waals surface area contributed by atoms with Crippen LogP contribution in [0.3, 0.4) is 0 Å². The van der Waals surface area contributed by atoms with Crippen molar-refractivity contribution in [2.75, 3.05) is 65.4 Å². The van der Waals surface area contributed by atoms with Crippen molar-refractivity contribution < 1.29 is 0 Å². The summed E-state index contributed by atoms with van der Waals surface area (Å²) < 4.78 is 4.06. The molecule has 7 aromatic rings. The fraction of sp³-hybridized carbons (Fsp3) is 0.703. The van der Waals surface area contributed by atoms with E-state index in [4.69, 9.17) is 0 Å². The fourth-order valence-corrected chi connectivity index (χ4v) is 19.8. The van der Waals surface area contributed by atoms with Crippen molar-refractivity contribution >= 4 is 0 Å². The summed E-state index contributed by atoms with van der Waals surface area (Å²) >= 11 is 0. The Bertz CT molecular complexity index is 3690. The van der Waals surface area contributed by atoms with E-state index in [1.54, 1.807) is 0 Å². The van der Waals surface area contributed by atoms with Crippen LogP contribution in [0.4, 0.5) is 0 Å². The summed E-state index contributed by atoms with van der Waals surface area (Å²) in [5.41, 5.74) is 11.4. The van der Waals surface area contributed by atoms with Gasteiger partial charge in [0.2, 0.25) is 0 Å². The predicted molar refractivity (Wildman–Crippen MR) is 495 cm³/mol. The summed E-state index contributed by atoms with van der Waals surface area (Å²) in [4.78, 5) is 21.0. The Morgan fingerprint density at radius 1 is 0.299 bits per heavy atom. The first kappa shape index (κ1) is 96.6. The lowest BCUT2D eigenvalue weighted by Crippen LogP contribution is -2.54. The lowest BCUT2D eigenvalue weighted by Gasteiger charge is -2.48. The highest BCUT2D eigenvalue weighted by Crippen LogP contribution is 2.44. The van der Waals surface area contributed by atoms with Crippen molar-refractivity contribution in [3.8, 4) is 0 Å². The highest BCUT2D eigenvalue weighted by Gasteiger charge is 2.42. The van der Waals surface area contributed by atoms with Gasteiger partial charge in [0, 0.05) is 115 Å². The average Bonchev–Trinajstić information content (AvgIpc) is 1.50. The van der Waals surface area contributed by atoms with Gasteiger partial charge in [-0.2, -0.15) is 20.4 Å². The summed E-state index contributed by atoms with van der Waals surface area (Å²) in [6.45, 7) is 74.6. The third-order valence-electron chi connectivity index (χ3n) is 26.5. The minimum Gasteiger partial charge on any atom is -0.300 e. The second-order valence-corrected chi connectivity index (χ2v) is 43.2. The van der Waals surface area contributed by atoms with Crippen molar-refractivity contribution in [2.45, 2.75) is 351 Å². The summed E-state index contributed by atoms with van der Waals surface area (Å²) in [6, 6.07) is 45.3. The summed E-state index contributed by atoms with van der Waals surface area (Å²) in [6.07, 6.45) is 24.4. The molecule has 7 aliphatic rings. The first-order chi connectivity index (χ1) is 54.8. The largest absolute Gasteiger partial charge is 0.300 e. The maximum atomic E-state index is 4.32. The second kappa shape index (κ2) is 42.8. The Balaban J connectivity index is 0.000000170. The number of hydrogen-bond donors (Lipinski definition) is 2. The van der Waals surface area contributed by atoms with Crippen molar-refractivity contribution in [1.82, 2.24) is 79.2 Å². The van der Waals surface area contributed by atoms with Crippen LogP contribution in [0.2, 0.25) is 0 Å². The molecule has 0 unspecified atom stereocenters. The molecular formula is C101H170N16. The van der Waals surface area contributed by atoms with Gasteiger partial charge in [-0.3, -0.25) is 53.9 Å². The molecule has 0 radical (unpaired) electrons. The van der Waals surface area contributed by atoms with E-state index in [-0.39, 0.29) is 38.8 Å². The number of piperazine rings is 1. The Labute approximate surface area is 715 Å². The van der Waals surface area contributed by atoms with E-state index in [0.29, 0.717) is 42.3 Å². The van der Waals surface area contributed by atoms with Crippen LogP contribution in [-0.2, 0) is 14.1 Å². The van der Waals surface area contributed by atoms with Crippen LogP contribution in [0.25, 0.3) is 0 Å². The first-order valence-corrected chi connectivity index (χ1v) is 46.0. The van der Waals surface area contributed by atoms with E-state index in [0.717, 1.165) is 49.2 Å². The third kappa shape index (κ3) is 28.4. The Morgan fingerprint density at radius 3 is 0.897 bits per heavy atom. The molecular weight excluding hydrogens is 1440 g/mol. The molecule has 16 heteroatoms. The zero-order chi connectivity index (χ0) is 86.0. The molecule has 0 saturated carbocycles. The molecule has 7 saturated heterocycles. The van der Waals surface area contributed by atoms with E-state index in [1.165, 1.54) is 169 Å². The molecule has 3 aromatic carbocycles. The lowest BCUT2D eigenvalue weighted by atomic mass is 9.85. The number of aromatic nitrogens is 8. The van der Waals surface area contributed by atoms with Gasteiger partial charge in [-0.25, -0.2) is 0 Å². The number of H-pyrrole nitrogens is 2. The monoisotopic (exact) mass is 1610 g/mol. The first-order valence-electron chi connectivity index (χ1n) is 46.0. The number of piperidine rings is 6. The van der Waals surface area contributed by atoms with Crippen LogP contribution in [0.5, 0.6) is 0 Å². The lowest BCUT2D eigenvalue weighted by molar-refractivity contribution is 0.0107. The zero-order valence-corrected chi connectivity index (χ0v) is 79.7. The molecule has 654 valence electrons. The molecule has 0 amide bonds. The minimum absolute atomic E-state index is 0.231. The van der Waals surface area contributed by atoms with E-state index < -0.39 is 0 Å². The van der Waals surface area contributed by atoms with Gasteiger partial charge in [-0.15, -0.1) is 0 Å². The van der Waals surface area contributed by atoms with Gasteiger partial charge in [0.25, 0.3) is 0 Å². The average molecular weight is 1610 g/mol. The fourth-order valence-electron chi connectivity index (χ4n) is 19.8.